The van der Waals surface area contributed by atoms with Gasteiger partial charge in [-0.25, -0.2) is 26.3 Å². The Morgan fingerprint density at radius 3 is 1.10 bits per heavy atom. The van der Waals surface area contributed by atoms with E-state index in [1.807, 2.05) is 48.5 Å². The summed E-state index contributed by atoms with van der Waals surface area (Å²) < 4.78 is 79.5. The van der Waals surface area contributed by atoms with Crippen LogP contribution < -0.4 is 31.5 Å². The van der Waals surface area contributed by atoms with Gasteiger partial charge in [-0.05, 0) is 61.3 Å². The zero-order valence-electron chi connectivity index (χ0n) is 22.0. The van der Waals surface area contributed by atoms with Gasteiger partial charge in [-0.3, -0.25) is 9.11 Å². The van der Waals surface area contributed by atoms with Gasteiger partial charge in [0.2, 0.25) is 20.0 Å². The van der Waals surface area contributed by atoms with Crippen LogP contribution in [0.1, 0.15) is 11.1 Å². The minimum Gasteiger partial charge on any atom is -0.399 e. The zero-order valence-corrected chi connectivity index (χ0v) is 24.4. The van der Waals surface area contributed by atoms with Gasteiger partial charge in [0.15, 0.2) is 0 Å². The molecule has 224 valence electrons. The van der Waals surface area contributed by atoms with Crippen LogP contribution in [0.5, 0.6) is 0 Å². The van der Waals surface area contributed by atoms with Gasteiger partial charge in [0.1, 0.15) is 0 Å². The number of nitrogens with one attached hydrogen (secondary N) is 4. The first-order valence-corrected chi connectivity index (χ1v) is 16.8. The van der Waals surface area contributed by atoms with Crippen molar-refractivity contribution in [1.82, 2.24) is 20.1 Å². The maximum absolute atomic E-state index is 10.8. The van der Waals surface area contributed by atoms with Crippen LogP contribution in [0.15, 0.2) is 48.5 Å². The van der Waals surface area contributed by atoms with E-state index in [1.165, 1.54) is 11.1 Å². The van der Waals surface area contributed by atoms with Gasteiger partial charge in [-0.2, -0.15) is 8.42 Å². The molecule has 2 aromatic rings. The summed E-state index contributed by atoms with van der Waals surface area (Å²) in [6.45, 7) is 3.72. The van der Waals surface area contributed by atoms with E-state index in [1.54, 1.807) is 0 Å². The molecule has 0 aliphatic carbocycles. The third kappa shape index (κ3) is 28.5. The molecule has 0 aliphatic rings. The van der Waals surface area contributed by atoms with Gasteiger partial charge < -0.3 is 22.1 Å². The number of nitrogens with two attached hydrogens (primary N) is 2. The third-order valence-corrected chi connectivity index (χ3v) is 5.93. The van der Waals surface area contributed by atoms with Crippen LogP contribution in [0.3, 0.4) is 0 Å². The summed E-state index contributed by atoms with van der Waals surface area (Å²) in [5.41, 5.74) is 15.1. The third-order valence-electron chi connectivity index (χ3n) is 4.47. The van der Waals surface area contributed by atoms with Gasteiger partial charge in [-0.15, -0.1) is 0 Å². The zero-order chi connectivity index (χ0) is 30.0. The van der Waals surface area contributed by atoms with E-state index in [0.29, 0.717) is 26.2 Å². The van der Waals surface area contributed by atoms with Gasteiger partial charge in [0.05, 0.1) is 12.5 Å². The summed E-state index contributed by atoms with van der Waals surface area (Å²) >= 11 is 0. The van der Waals surface area contributed by atoms with Crippen LogP contribution in [0.25, 0.3) is 0 Å². The van der Waals surface area contributed by atoms with Crippen LogP contribution >= 0.6 is 0 Å². The normalized spacial score (nSPS) is 11.6. The fourth-order valence-corrected chi connectivity index (χ4v) is 3.68. The lowest BCUT2D eigenvalue weighted by Crippen LogP contribution is -2.31. The molecule has 0 saturated heterocycles. The van der Waals surface area contributed by atoms with Crippen LogP contribution in [0.4, 0.5) is 11.4 Å². The topological polar surface area (TPSA) is 243 Å². The minimum atomic E-state index is -4.67. The van der Waals surface area contributed by atoms with Crippen molar-refractivity contribution in [2.24, 2.45) is 0 Å². The Morgan fingerprint density at radius 1 is 0.564 bits per heavy atom. The molecule has 2 aromatic carbocycles. The maximum atomic E-state index is 10.8. The summed E-state index contributed by atoms with van der Waals surface area (Å²) in [6.07, 6.45) is 4.11. The quantitative estimate of drug-likeness (QED) is 0.0746. The molecule has 0 unspecified atom stereocenters. The summed E-state index contributed by atoms with van der Waals surface area (Å²) in [7, 11) is -10.8. The SMILES string of the molecule is CS(=O)(=O)NCCNCCc1ccc(N)cc1.CS(=O)(=O)NCCNCCc1ccc(N)cc1.O=S(=O)(O)O. The number of hydrogen-bond acceptors (Lipinski definition) is 10. The molecule has 10 N–H and O–H groups in total. The Bertz CT molecular complexity index is 1160. The fraction of sp³-hybridized carbons (Fsp3) is 0.455. The van der Waals surface area contributed by atoms with E-state index in [4.69, 9.17) is 29.0 Å². The highest BCUT2D eigenvalue weighted by atomic mass is 32.3. The molecule has 0 heterocycles. The lowest BCUT2D eigenvalue weighted by Gasteiger charge is -2.05. The molecule has 0 bridgehead atoms. The van der Waals surface area contributed by atoms with Crippen molar-refractivity contribution in [2.45, 2.75) is 12.8 Å². The molecule has 0 atom stereocenters. The van der Waals surface area contributed by atoms with E-state index in [0.717, 1.165) is 49.8 Å². The number of hydrogen-bond donors (Lipinski definition) is 8. The van der Waals surface area contributed by atoms with Crippen molar-refractivity contribution in [1.29, 1.82) is 0 Å². The second-order valence-electron chi connectivity index (χ2n) is 8.26. The van der Waals surface area contributed by atoms with Crippen molar-refractivity contribution >= 4 is 41.8 Å². The monoisotopic (exact) mass is 612 g/mol. The van der Waals surface area contributed by atoms with E-state index in [9.17, 15) is 16.8 Å². The predicted molar refractivity (Wildman–Crippen MR) is 155 cm³/mol. The summed E-state index contributed by atoms with van der Waals surface area (Å²) in [5.74, 6) is 0. The largest absolute Gasteiger partial charge is 0.399 e. The van der Waals surface area contributed by atoms with E-state index in [2.05, 4.69) is 20.1 Å². The standard InChI is InChI=1S/2C11H19N3O2S.H2O4S/c2*1-17(15,16)14-9-8-13-7-6-10-2-4-11(12)5-3-10;1-5(2,3)4/h2*2-5,13-14H,6-9,12H2,1H3;(H2,1,2,3,4). The Kier molecular flexibility index (Phi) is 17.7. The molecular formula is C22H40N6O8S3. The molecule has 0 aliphatic heterocycles. The fourth-order valence-electron chi connectivity index (χ4n) is 2.73. The van der Waals surface area contributed by atoms with Crippen molar-refractivity contribution < 1.29 is 34.4 Å². The molecule has 2 rings (SSSR count). The number of rotatable bonds is 14. The number of sulfonamides is 2. The van der Waals surface area contributed by atoms with Crippen molar-refractivity contribution in [2.75, 3.05) is 63.2 Å². The summed E-state index contributed by atoms with van der Waals surface area (Å²) in [4.78, 5) is 0. The van der Waals surface area contributed by atoms with Crippen molar-refractivity contribution in [3.05, 3.63) is 59.7 Å². The number of nitrogen functional groups attached to an aromatic ring is 2. The van der Waals surface area contributed by atoms with Crippen molar-refractivity contribution in [3.8, 4) is 0 Å². The molecular weight excluding hydrogens is 572 g/mol. The maximum Gasteiger partial charge on any atom is 0.394 e. The Labute approximate surface area is 231 Å². The van der Waals surface area contributed by atoms with Crippen molar-refractivity contribution in [3.63, 3.8) is 0 Å². The van der Waals surface area contributed by atoms with E-state index < -0.39 is 30.4 Å². The first-order chi connectivity index (χ1) is 17.9. The second kappa shape index (κ2) is 18.9. The Balaban J connectivity index is 0.000000632. The second-order valence-corrected chi connectivity index (χ2v) is 12.8. The molecule has 0 amide bonds. The van der Waals surface area contributed by atoms with Gasteiger partial charge in [0, 0.05) is 37.6 Å². The molecule has 0 saturated carbocycles. The lowest BCUT2D eigenvalue weighted by atomic mass is 10.1. The van der Waals surface area contributed by atoms with E-state index in [-0.39, 0.29) is 0 Å². The molecule has 39 heavy (non-hydrogen) atoms. The molecule has 0 aromatic heterocycles. The van der Waals surface area contributed by atoms with Gasteiger partial charge >= 0.3 is 10.4 Å². The summed E-state index contributed by atoms with van der Waals surface area (Å²) in [5, 5.41) is 6.33. The van der Waals surface area contributed by atoms with Crippen LogP contribution in [0, 0.1) is 0 Å². The average molecular weight is 613 g/mol. The number of benzene rings is 2. The van der Waals surface area contributed by atoms with Crippen LogP contribution in [-0.4, -0.2) is 86.1 Å². The molecule has 14 nitrogen and oxygen atoms in total. The Morgan fingerprint density at radius 2 is 0.846 bits per heavy atom. The smallest absolute Gasteiger partial charge is 0.394 e. The lowest BCUT2D eigenvalue weighted by molar-refractivity contribution is 0.381. The van der Waals surface area contributed by atoms with Gasteiger partial charge in [-0.1, -0.05) is 24.3 Å². The molecule has 0 spiro atoms. The Hall–Kier alpha value is -2.35. The minimum absolute atomic E-state index is 0.417. The number of anilines is 2. The highest BCUT2D eigenvalue weighted by Crippen LogP contribution is 2.06. The highest BCUT2D eigenvalue weighted by Gasteiger charge is 1.99. The molecule has 0 fully saturated rings. The predicted octanol–water partition coefficient (Wildman–Crippen LogP) is -0.753. The first-order valence-electron chi connectivity index (χ1n) is 11.6. The average Bonchev–Trinajstić information content (AvgIpc) is 2.79. The van der Waals surface area contributed by atoms with Crippen LogP contribution in [0.2, 0.25) is 0 Å². The first kappa shape index (κ1) is 36.6. The van der Waals surface area contributed by atoms with E-state index >= 15 is 0 Å². The van der Waals surface area contributed by atoms with Crippen LogP contribution in [-0.2, 0) is 43.3 Å². The summed E-state index contributed by atoms with van der Waals surface area (Å²) in [6, 6.07) is 15.5. The molecule has 17 heteroatoms. The highest BCUT2D eigenvalue weighted by molar-refractivity contribution is 7.89. The molecule has 0 radical (unpaired) electrons. The van der Waals surface area contributed by atoms with Gasteiger partial charge in [0.25, 0.3) is 0 Å².